The molecule has 0 atom stereocenters. The summed E-state index contributed by atoms with van der Waals surface area (Å²) in [5, 5.41) is 14.6. The number of benzene rings is 2. The molecule has 170 valence electrons. The van der Waals surface area contributed by atoms with Crippen molar-refractivity contribution in [1.82, 2.24) is 15.6 Å². The molecular weight excluding hydrogens is 419 g/mol. The van der Waals surface area contributed by atoms with Crippen molar-refractivity contribution < 1.29 is 23.1 Å². The van der Waals surface area contributed by atoms with Crippen LogP contribution in [0.5, 0.6) is 0 Å². The fourth-order valence-electron chi connectivity index (χ4n) is 4.17. The summed E-state index contributed by atoms with van der Waals surface area (Å²) in [5.74, 6) is -1.18. The van der Waals surface area contributed by atoms with Crippen LogP contribution in [-0.4, -0.2) is 35.3 Å². The first-order chi connectivity index (χ1) is 15.4. The monoisotopic (exact) mass is 445 g/mol. The summed E-state index contributed by atoms with van der Waals surface area (Å²) in [5.41, 5.74) is 2.83. The number of carbonyl (C=O) groups is 1. The molecule has 3 aromatic rings. The third kappa shape index (κ3) is 4.60. The summed E-state index contributed by atoms with van der Waals surface area (Å²) in [6, 6.07) is 8.36. The van der Waals surface area contributed by atoms with Crippen LogP contribution in [0.3, 0.4) is 0 Å². The minimum atomic E-state index is -0.594. The Bertz CT molecular complexity index is 1100. The Morgan fingerprint density at radius 3 is 2.31 bits per heavy atom. The molecule has 2 fully saturated rings. The van der Waals surface area contributed by atoms with E-state index in [4.69, 9.17) is 5.11 Å². The molecule has 5 nitrogen and oxygen atoms in total. The van der Waals surface area contributed by atoms with Gasteiger partial charge in [0, 0.05) is 24.5 Å². The number of aliphatic hydroxyl groups excluding tert-OH is 1. The number of fused-ring (bicyclic) bond motifs is 1. The van der Waals surface area contributed by atoms with Gasteiger partial charge >= 0.3 is 6.03 Å². The predicted octanol–water partition coefficient (Wildman–Crippen LogP) is 4.96. The standard InChI is InChI=1S/C18H14F3N.C6H12N2O2/c19-12-6-4-11(5-7-12)17-16(10-2-1-3-10)14-8-13(20)9-15(21)18(14)22-17;1-7-6(10)8-4-2-5(9)3-4/h4-10,22H,1-3H2;4-5,9H,2-3H2,1H3,(H2,7,8,10). The Morgan fingerprint density at radius 2 is 1.75 bits per heavy atom. The fourth-order valence-corrected chi connectivity index (χ4v) is 4.17. The molecule has 2 amide bonds. The van der Waals surface area contributed by atoms with Gasteiger partial charge in [0.15, 0.2) is 0 Å². The molecule has 8 heteroatoms. The molecular formula is C24H26F3N3O2. The van der Waals surface area contributed by atoms with Crippen LogP contribution in [0.4, 0.5) is 18.0 Å². The summed E-state index contributed by atoms with van der Waals surface area (Å²) in [6.07, 6.45) is 4.32. The molecule has 1 heterocycles. The molecule has 2 saturated carbocycles. The van der Waals surface area contributed by atoms with E-state index < -0.39 is 11.6 Å². The van der Waals surface area contributed by atoms with Crippen LogP contribution in [-0.2, 0) is 0 Å². The van der Waals surface area contributed by atoms with Crippen LogP contribution in [0.2, 0.25) is 0 Å². The average molecular weight is 445 g/mol. The van der Waals surface area contributed by atoms with Crippen LogP contribution in [0.15, 0.2) is 36.4 Å². The lowest BCUT2D eigenvalue weighted by molar-refractivity contribution is 0.0664. The maximum absolute atomic E-state index is 14.1. The highest BCUT2D eigenvalue weighted by atomic mass is 19.1. The Kier molecular flexibility index (Phi) is 6.41. The van der Waals surface area contributed by atoms with Gasteiger partial charge in [0.05, 0.1) is 17.3 Å². The van der Waals surface area contributed by atoms with Gasteiger partial charge in [-0.3, -0.25) is 0 Å². The van der Waals surface area contributed by atoms with Crippen molar-refractivity contribution in [3.8, 4) is 11.3 Å². The second-order valence-electron chi connectivity index (χ2n) is 8.40. The molecule has 5 rings (SSSR count). The number of aromatic amines is 1. The molecule has 0 radical (unpaired) electrons. The van der Waals surface area contributed by atoms with Crippen molar-refractivity contribution in [2.75, 3.05) is 7.05 Å². The van der Waals surface area contributed by atoms with E-state index in [1.807, 2.05) is 0 Å². The number of carbonyl (C=O) groups excluding carboxylic acids is 1. The molecule has 32 heavy (non-hydrogen) atoms. The fraction of sp³-hybridized carbons (Fsp3) is 0.375. The highest BCUT2D eigenvalue weighted by molar-refractivity contribution is 5.92. The van der Waals surface area contributed by atoms with E-state index in [0.717, 1.165) is 42.1 Å². The number of halogens is 3. The molecule has 0 spiro atoms. The first-order valence-corrected chi connectivity index (χ1v) is 10.8. The molecule has 2 aromatic carbocycles. The van der Waals surface area contributed by atoms with Crippen molar-refractivity contribution in [3.63, 3.8) is 0 Å². The average Bonchev–Trinajstić information content (AvgIpc) is 3.06. The highest BCUT2D eigenvalue weighted by Crippen LogP contribution is 2.45. The van der Waals surface area contributed by atoms with Crippen LogP contribution >= 0.6 is 0 Å². The van der Waals surface area contributed by atoms with Gasteiger partial charge in [0.1, 0.15) is 17.5 Å². The molecule has 4 N–H and O–H groups in total. The first kappa shape index (κ1) is 22.2. The van der Waals surface area contributed by atoms with E-state index in [9.17, 15) is 18.0 Å². The van der Waals surface area contributed by atoms with E-state index >= 15 is 0 Å². The normalized spacial score (nSPS) is 20.0. The van der Waals surface area contributed by atoms with Crippen molar-refractivity contribution in [1.29, 1.82) is 0 Å². The largest absolute Gasteiger partial charge is 0.393 e. The van der Waals surface area contributed by atoms with Crippen molar-refractivity contribution in [3.05, 3.63) is 59.4 Å². The predicted molar refractivity (Wildman–Crippen MR) is 117 cm³/mol. The van der Waals surface area contributed by atoms with Crippen LogP contribution < -0.4 is 10.6 Å². The molecule has 2 aliphatic carbocycles. The Hall–Kier alpha value is -3.00. The van der Waals surface area contributed by atoms with Crippen molar-refractivity contribution in [2.24, 2.45) is 0 Å². The summed E-state index contributed by atoms with van der Waals surface area (Å²) >= 11 is 0. The number of rotatable bonds is 3. The number of aliphatic hydroxyl groups is 1. The Balaban J connectivity index is 0.000000207. The number of hydrogen-bond donors (Lipinski definition) is 4. The molecule has 0 bridgehead atoms. The number of aromatic nitrogens is 1. The zero-order valence-corrected chi connectivity index (χ0v) is 17.7. The molecule has 2 aliphatic rings. The summed E-state index contributed by atoms with van der Waals surface area (Å²) in [4.78, 5) is 13.7. The van der Waals surface area contributed by atoms with Gasteiger partial charge < -0.3 is 20.7 Å². The van der Waals surface area contributed by atoms with Gasteiger partial charge in [-0.05, 0) is 73.1 Å². The topological polar surface area (TPSA) is 77.2 Å². The van der Waals surface area contributed by atoms with Crippen molar-refractivity contribution in [2.45, 2.75) is 50.2 Å². The first-order valence-electron chi connectivity index (χ1n) is 10.8. The quantitative estimate of drug-likeness (QED) is 0.460. The third-order valence-electron chi connectivity index (χ3n) is 6.19. The third-order valence-corrected chi connectivity index (χ3v) is 6.19. The van der Waals surface area contributed by atoms with E-state index in [1.54, 1.807) is 19.2 Å². The zero-order chi connectivity index (χ0) is 22.8. The number of amides is 2. The minimum Gasteiger partial charge on any atom is -0.393 e. The van der Waals surface area contributed by atoms with E-state index in [-0.39, 0.29) is 24.0 Å². The smallest absolute Gasteiger partial charge is 0.314 e. The Labute approximate surface area is 184 Å². The molecule has 0 unspecified atom stereocenters. The van der Waals surface area contributed by atoms with E-state index in [0.29, 0.717) is 29.7 Å². The highest BCUT2D eigenvalue weighted by Gasteiger charge is 2.28. The molecule has 1 aromatic heterocycles. The number of hydrogen-bond acceptors (Lipinski definition) is 2. The number of H-pyrrole nitrogens is 1. The lowest BCUT2D eigenvalue weighted by Crippen LogP contribution is -2.49. The molecule has 0 aliphatic heterocycles. The zero-order valence-electron chi connectivity index (χ0n) is 17.7. The SMILES string of the molecule is CNC(=O)NC1CC(O)C1.Fc1ccc(-c2[nH]c3c(F)cc(F)cc3c2C2CCC2)cc1. The number of nitrogens with one attached hydrogen (secondary N) is 3. The van der Waals surface area contributed by atoms with Gasteiger partial charge in [0.2, 0.25) is 0 Å². The maximum Gasteiger partial charge on any atom is 0.314 e. The summed E-state index contributed by atoms with van der Waals surface area (Å²) in [6.45, 7) is 0. The van der Waals surface area contributed by atoms with E-state index in [2.05, 4.69) is 15.6 Å². The number of urea groups is 1. The van der Waals surface area contributed by atoms with Gasteiger partial charge in [0.25, 0.3) is 0 Å². The second kappa shape index (κ2) is 9.24. The van der Waals surface area contributed by atoms with Gasteiger partial charge in [-0.25, -0.2) is 18.0 Å². The van der Waals surface area contributed by atoms with Crippen LogP contribution in [0.25, 0.3) is 22.2 Å². The van der Waals surface area contributed by atoms with Gasteiger partial charge in [-0.2, -0.15) is 0 Å². The second-order valence-corrected chi connectivity index (χ2v) is 8.40. The minimum absolute atomic E-state index is 0.170. The lowest BCUT2D eigenvalue weighted by Gasteiger charge is -2.31. The lowest BCUT2D eigenvalue weighted by atomic mass is 9.78. The summed E-state index contributed by atoms with van der Waals surface area (Å²) in [7, 11) is 1.57. The van der Waals surface area contributed by atoms with Crippen LogP contribution in [0.1, 0.15) is 43.6 Å². The van der Waals surface area contributed by atoms with Gasteiger partial charge in [-0.15, -0.1) is 0 Å². The summed E-state index contributed by atoms with van der Waals surface area (Å²) < 4.78 is 40.8. The molecule has 0 saturated heterocycles. The maximum atomic E-state index is 14.1. The van der Waals surface area contributed by atoms with Crippen LogP contribution in [0, 0.1) is 17.5 Å². The van der Waals surface area contributed by atoms with Gasteiger partial charge in [-0.1, -0.05) is 6.42 Å². The van der Waals surface area contributed by atoms with E-state index in [1.165, 1.54) is 18.2 Å². The van der Waals surface area contributed by atoms with Crippen molar-refractivity contribution >= 4 is 16.9 Å². The Morgan fingerprint density at radius 1 is 1.06 bits per heavy atom.